The maximum atomic E-state index is 12.9. The van der Waals surface area contributed by atoms with E-state index in [9.17, 15) is 9.59 Å². The van der Waals surface area contributed by atoms with Gasteiger partial charge >= 0.3 is 0 Å². The Bertz CT molecular complexity index is 1260. The molecule has 156 valence electrons. The number of carbonyl (C=O) groups excluding carboxylic acids is 1. The van der Waals surface area contributed by atoms with Gasteiger partial charge in [0.1, 0.15) is 11.9 Å². The predicted molar refractivity (Wildman–Crippen MR) is 116 cm³/mol. The molecule has 0 N–H and O–H groups in total. The smallest absolute Gasteiger partial charge is 0.281 e. The van der Waals surface area contributed by atoms with Crippen LogP contribution in [0.5, 0.6) is 0 Å². The Labute approximate surface area is 178 Å². The molecule has 31 heavy (non-hydrogen) atoms. The van der Waals surface area contributed by atoms with Gasteiger partial charge in [-0.15, -0.1) is 5.10 Å². The maximum Gasteiger partial charge on any atom is 0.281 e. The second-order valence-corrected chi connectivity index (χ2v) is 7.38. The van der Waals surface area contributed by atoms with Crippen molar-refractivity contribution >= 4 is 22.6 Å². The number of nitrogens with zero attached hydrogens (tertiary/aromatic N) is 7. The predicted octanol–water partition coefficient (Wildman–Crippen LogP) is 1.33. The van der Waals surface area contributed by atoms with Crippen molar-refractivity contribution in [1.29, 1.82) is 0 Å². The summed E-state index contributed by atoms with van der Waals surface area (Å²) in [6.07, 6.45) is 1.47. The molecule has 1 amide bonds. The fourth-order valence-corrected chi connectivity index (χ4v) is 3.81. The molecular formula is C22H21N7O2. The van der Waals surface area contributed by atoms with E-state index >= 15 is 0 Å². The van der Waals surface area contributed by atoms with Gasteiger partial charge in [-0.3, -0.25) is 9.59 Å². The quantitative estimate of drug-likeness (QED) is 0.500. The van der Waals surface area contributed by atoms with E-state index in [-0.39, 0.29) is 18.0 Å². The monoisotopic (exact) mass is 415 g/mol. The Morgan fingerprint density at radius 1 is 0.871 bits per heavy atom. The molecule has 0 unspecified atom stereocenters. The molecule has 1 aliphatic heterocycles. The van der Waals surface area contributed by atoms with Crippen LogP contribution in [-0.4, -0.2) is 61.8 Å². The number of anilines is 1. The van der Waals surface area contributed by atoms with E-state index in [0.717, 1.165) is 29.1 Å². The molecule has 9 heteroatoms. The van der Waals surface area contributed by atoms with Crippen molar-refractivity contribution < 1.29 is 4.79 Å². The summed E-state index contributed by atoms with van der Waals surface area (Å²) in [5, 5.41) is 12.8. The Kier molecular flexibility index (Phi) is 4.91. The largest absolute Gasteiger partial charge is 0.368 e. The van der Waals surface area contributed by atoms with E-state index in [1.807, 2.05) is 48.5 Å². The SMILES string of the molecule is O=C(Cn1nnc2c(cnn2-c2ccccc2)c1=O)N1CCN(c2ccccc2)CC1. The zero-order valence-electron chi connectivity index (χ0n) is 16.8. The Hall–Kier alpha value is -4.01. The van der Waals surface area contributed by atoms with Gasteiger partial charge in [0.2, 0.25) is 5.91 Å². The molecule has 2 aromatic heterocycles. The number of aromatic nitrogens is 5. The minimum Gasteiger partial charge on any atom is -0.368 e. The molecule has 4 aromatic rings. The Balaban J connectivity index is 1.30. The summed E-state index contributed by atoms with van der Waals surface area (Å²) in [7, 11) is 0. The first kappa shape index (κ1) is 19.0. The van der Waals surface area contributed by atoms with Gasteiger partial charge in [-0.25, -0.2) is 9.36 Å². The standard InChI is InChI=1S/C22H21N7O2/c30-20(27-13-11-26(12-14-27)17-7-3-1-4-8-17)16-28-22(31)19-15-23-29(21(19)24-25-28)18-9-5-2-6-10-18/h1-10,15H,11-14,16H2. The topological polar surface area (TPSA) is 89.1 Å². The second kappa shape index (κ2) is 8.02. The molecule has 0 bridgehead atoms. The first-order valence-corrected chi connectivity index (χ1v) is 10.2. The van der Waals surface area contributed by atoms with E-state index in [0.29, 0.717) is 24.1 Å². The van der Waals surface area contributed by atoms with E-state index in [1.54, 1.807) is 9.58 Å². The fourth-order valence-electron chi connectivity index (χ4n) is 3.81. The van der Waals surface area contributed by atoms with Crippen LogP contribution in [0.1, 0.15) is 0 Å². The van der Waals surface area contributed by atoms with Gasteiger partial charge < -0.3 is 9.80 Å². The highest BCUT2D eigenvalue weighted by Crippen LogP contribution is 2.16. The molecule has 1 fully saturated rings. The van der Waals surface area contributed by atoms with Gasteiger partial charge in [0.15, 0.2) is 5.65 Å². The molecule has 9 nitrogen and oxygen atoms in total. The third kappa shape index (κ3) is 3.65. The summed E-state index contributed by atoms with van der Waals surface area (Å²) in [5.41, 5.74) is 1.94. The summed E-state index contributed by atoms with van der Waals surface area (Å²) < 4.78 is 2.68. The highest BCUT2D eigenvalue weighted by Gasteiger charge is 2.23. The van der Waals surface area contributed by atoms with Gasteiger partial charge in [0.25, 0.3) is 5.56 Å². The number of amides is 1. The van der Waals surface area contributed by atoms with Gasteiger partial charge in [-0.05, 0) is 24.3 Å². The van der Waals surface area contributed by atoms with Crippen LogP contribution in [-0.2, 0) is 11.3 Å². The summed E-state index contributed by atoms with van der Waals surface area (Å²) in [6.45, 7) is 2.57. The Morgan fingerprint density at radius 2 is 1.52 bits per heavy atom. The first-order valence-electron chi connectivity index (χ1n) is 10.2. The van der Waals surface area contributed by atoms with Crippen LogP contribution in [0.2, 0.25) is 0 Å². The molecule has 0 saturated carbocycles. The van der Waals surface area contributed by atoms with Crippen molar-refractivity contribution in [2.75, 3.05) is 31.1 Å². The third-order valence-corrected chi connectivity index (χ3v) is 5.50. The zero-order valence-corrected chi connectivity index (χ0v) is 16.8. The number of piperazine rings is 1. The van der Waals surface area contributed by atoms with E-state index < -0.39 is 0 Å². The van der Waals surface area contributed by atoms with Crippen LogP contribution in [0.15, 0.2) is 71.7 Å². The number of hydrogen-bond acceptors (Lipinski definition) is 6. The molecule has 3 heterocycles. The number of rotatable bonds is 4. The molecule has 5 rings (SSSR count). The summed E-state index contributed by atoms with van der Waals surface area (Å²) in [4.78, 5) is 29.7. The van der Waals surface area contributed by atoms with Crippen molar-refractivity contribution in [2.45, 2.75) is 6.54 Å². The summed E-state index contributed by atoms with van der Waals surface area (Å²) in [6, 6.07) is 19.6. The normalized spacial score (nSPS) is 14.2. The molecule has 2 aromatic carbocycles. The number of fused-ring (bicyclic) bond motifs is 1. The van der Waals surface area contributed by atoms with E-state index in [1.165, 1.54) is 6.20 Å². The molecule has 1 saturated heterocycles. The lowest BCUT2D eigenvalue weighted by Crippen LogP contribution is -2.50. The van der Waals surface area contributed by atoms with Gasteiger partial charge in [-0.1, -0.05) is 41.6 Å². The van der Waals surface area contributed by atoms with Crippen LogP contribution >= 0.6 is 0 Å². The second-order valence-electron chi connectivity index (χ2n) is 7.38. The molecule has 1 aliphatic rings. The van der Waals surface area contributed by atoms with Gasteiger partial charge in [-0.2, -0.15) is 5.10 Å². The molecule has 0 atom stereocenters. The van der Waals surface area contributed by atoms with Crippen molar-refractivity contribution in [3.63, 3.8) is 0 Å². The van der Waals surface area contributed by atoms with Crippen LogP contribution in [0.25, 0.3) is 16.7 Å². The van der Waals surface area contributed by atoms with Crippen LogP contribution in [0, 0.1) is 0 Å². The highest BCUT2D eigenvalue weighted by molar-refractivity contribution is 5.78. The van der Waals surface area contributed by atoms with Crippen LogP contribution in [0.4, 0.5) is 5.69 Å². The van der Waals surface area contributed by atoms with Crippen molar-refractivity contribution in [1.82, 2.24) is 29.7 Å². The van der Waals surface area contributed by atoms with Crippen molar-refractivity contribution in [2.24, 2.45) is 0 Å². The Morgan fingerprint density at radius 3 is 2.19 bits per heavy atom. The minimum atomic E-state index is -0.372. The number of benzene rings is 2. The van der Waals surface area contributed by atoms with Crippen LogP contribution < -0.4 is 10.5 Å². The van der Waals surface area contributed by atoms with Crippen molar-refractivity contribution in [3.05, 3.63) is 77.2 Å². The van der Waals surface area contributed by atoms with Crippen molar-refractivity contribution in [3.8, 4) is 5.69 Å². The minimum absolute atomic E-state index is 0.135. The van der Waals surface area contributed by atoms with Gasteiger partial charge in [0.05, 0.1) is 11.9 Å². The summed E-state index contributed by atoms with van der Waals surface area (Å²) >= 11 is 0. The average Bonchev–Trinajstić information content (AvgIpc) is 3.27. The van der Waals surface area contributed by atoms with E-state index in [2.05, 4.69) is 32.4 Å². The molecular weight excluding hydrogens is 394 g/mol. The lowest BCUT2D eigenvalue weighted by Gasteiger charge is -2.36. The highest BCUT2D eigenvalue weighted by atomic mass is 16.2. The first-order chi connectivity index (χ1) is 15.2. The van der Waals surface area contributed by atoms with Gasteiger partial charge in [0, 0.05) is 31.9 Å². The van der Waals surface area contributed by atoms with Crippen LogP contribution in [0.3, 0.4) is 0 Å². The third-order valence-electron chi connectivity index (χ3n) is 5.50. The molecule has 0 radical (unpaired) electrons. The lowest BCUT2D eigenvalue weighted by atomic mass is 10.2. The number of carbonyl (C=O) groups is 1. The number of hydrogen-bond donors (Lipinski definition) is 0. The number of para-hydroxylation sites is 2. The average molecular weight is 415 g/mol. The lowest BCUT2D eigenvalue weighted by molar-refractivity contribution is -0.132. The fraction of sp³-hybridized carbons (Fsp3) is 0.227. The zero-order chi connectivity index (χ0) is 21.2. The summed E-state index contributed by atoms with van der Waals surface area (Å²) in [5.74, 6) is -0.140. The maximum absolute atomic E-state index is 12.9. The molecule has 0 aliphatic carbocycles. The molecule has 0 spiro atoms. The van der Waals surface area contributed by atoms with E-state index in [4.69, 9.17) is 0 Å².